The lowest BCUT2D eigenvalue weighted by Crippen LogP contribution is -2.20. The van der Waals surface area contributed by atoms with Gasteiger partial charge in [0.05, 0.1) is 11.1 Å². The van der Waals surface area contributed by atoms with E-state index < -0.39 is 5.97 Å². The molecule has 1 aromatic heterocycles. The topological polar surface area (TPSA) is 66.3 Å². The zero-order valence-corrected chi connectivity index (χ0v) is 11.1. The summed E-state index contributed by atoms with van der Waals surface area (Å²) in [5.74, 6) is -0.329. The molecule has 5 heteroatoms. The standard InChI is InChI=1S/C14H17N3O2/c1-3-4-8-17(2)14-15-9-11-10(13(18)19)6-5-7-12(11)16-14/h5-7,9H,3-4,8H2,1-2H3,(H,18,19). The van der Waals surface area contributed by atoms with Gasteiger partial charge in [0.2, 0.25) is 5.95 Å². The van der Waals surface area contributed by atoms with E-state index in [-0.39, 0.29) is 5.56 Å². The van der Waals surface area contributed by atoms with Crippen LogP contribution in [0.3, 0.4) is 0 Å². The van der Waals surface area contributed by atoms with Gasteiger partial charge in [-0.15, -0.1) is 0 Å². The first-order chi connectivity index (χ1) is 9.13. The summed E-state index contributed by atoms with van der Waals surface area (Å²) in [7, 11) is 1.94. The normalized spacial score (nSPS) is 10.6. The second-order valence-corrected chi connectivity index (χ2v) is 4.49. The zero-order valence-electron chi connectivity index (χ0n) is 11.1. The molecule has 0 atom stereocenters. The van der Waals surface area contributed by atoms with Crippen LogP contribution >= 0.6 is 0 Å². The van der Waals surface area contributed by atoms with Crippen LogP contribution in [0.2, 0.25) is 0 Å². The molecule has 0 unspecified atom stereocenters. The molecule has 0 bridgehead atoms. The van der Waals surface area contributed by atoms with E-state index in [1.54, 1.807) is 24.4 Å². The van der Waals surface area contributed by atoms with E-state index in [0.29, 0.717) is 16.9 Å². The number of aromatic nitrogens is 2. The summed E-state index contributed by atoms with van der Waals surface area (Å²) in [5.41, 5.74) is 0.897. The predicted octanol–water partition coefficient (Wildman–Crippen LogP) is 2.56. The number of hydrogen-bond acceptors (Lipinski definition) is 4. The monoisotopic (exact) mass is 259 g/mol. The van der Waals surface area contributed by atoms with Crippen LogP contribution in [-0.2, 0) is 0 Å². The molecule has 1 heterocycles. The number of aromatic carboxylic acids is 1. The molecule has 100 valence electrons. The average Bonchev–Trinajstić information content (AvgIpc) is 2.43. The number of nitrogens with zero attached hydrogens (tertiary/aromatic N) is 3. The highest BCUT2D eigenvalue weighted by molar-refractivity contribution is 6.02. The lowest BCUT2D eigenvalue weighted by molar-refractivity contribution is 0.0699. The van der Waals surface area contributed by atoms with Crippen molar-refractivity contribution < 1.29 is 9.90 Å². The fourth-order valence-electron chi connectivity index (χ4n) is 1.91. The molecule has 1 N–H and O–H groups in total. The van der Waals surface area contributed by atoms with Crippen LogP contribution in [-0.4, -0.2) is 34.6 Å². The molecule has 19 heavy (non-hydrogen) atoms. The molecule has 0 spiro atoms. The third-order valence-electron chi connectivity index (χ3n) is 3.03. The molecule has 0 amide bonds. The van der Waals surface area contributed by atoms with Gasteiger partial charge in [-0.2, -0.15) is 0 Å². The van der Waals surface area contributed by atoms with E-state index in [2.05, 4.69) is 16.9 Å². The Labute approximate surface area is 111 Å². The minimum Gasteiger partial charge on any atom is -0.478 e. The molecule has 5 nitrogen and oxygen atoms in total. The summed E-state index contributed by atoms with van der Waals surface area (Å²) in [6.07, 6.45) is 3.78. The molecule has 2 rings (SSSR count). The number of unbranched alkanes of at least 4 members (excludes halogenated alkanes) is 1. The first-order valence-corrected chi connectivity index (χ1v) is 6.33. The summed E-state index contributed by atoms with van der Waals surface area (Å²) < 4.78 is 0. The van der Waals surface area contributed by atoms with Gasteiger partial charge < -0.3 is 10.0 Å². The summed E-state index contributed by atoms with van der Waals surface area (Å²) in [6.45, 7) is 3.02. The second-order valence-electron chi connectivity index (χ2n) is 4.49. The molecular formula is C14H17N3O2. The first-order valence-electron chi connectivity index (χ1n) is 6.33. The van der Waals surface area contributed by atoms with Crippen LogP contribution in [0.5, 0.6) is 0 Å². The maximum atomic E-state index is 11.1. The van der Waals surface area contributed by atoms with Gasteiger partial charge in [0.1, 0.15) is 0 Å². The number of hydrogen-bond donors (Lipinski definition) is 1. The van der Waals surface area contributed by atoms with Crippen molar-refractivity contribution >= 4 is 22.8 Å². The smallest absolute Gasteiger partial charge is 0.336 e. The molecule has 0 aliphatic rings. The molecule has 0 saturated carbocycles. The number of benzene rings is 1. The number of carbonyl (C=O) groups is 1. The second kappa shape index (κ2) is 5.65. The Morgan fingerprint density at radius 1 is 1.42 bits per heavy atom. The average molecular weight is 259 g/mol. The fraction of sp³-hybridized carbons (Fsp3) is 0.357. The Bertz CT molecular complexity index is 598. The predicted molar refractivity (Wildman–Crippen MR) is 74.7 cm³/mol. The van der Waals surface area contributed by atoms with Crippen molar-refractivity contribution in [1.29, 1.82) is 0 Å². The number of carboxylic acids is 1. The van der Waals surface area contributed by atoms with Gasteiger partial charge in [0.25, 0.3) is 0 Å². The fourth-order valence-corrected chi connectivity index (χ4v) is 1.91. The van der Waals surface area contributed by atoms with Crippen molar-refractivity contribution in [2.24, 2.45) is 0 Å². The molecule has 0 radical (unpaired) electrons. The van der Waals surface area contributed by atoms with Crippen LogP contribution in [0, 0.1) is 0 Å². The largest absolute Gasteiger partial charge is 0.478 e. The van der Waals surface area contributed by atoms with Gasteiger partial charge in [-0.05, 0) is 18.6 Å². The van der Waals surface area contributed by atoms with Crippen LogP contribution in [0.1, 0.15) is 30.1 Å². The van der Waals surface area contributed by atoms with Gasteiger partial charge in [0, 0.05) is 25.2 Å². The van der Waals surface area contributed by atoms with Crippen molar-refractivity contribution in [2.75, 3.05) is 18.5 Å². The highest BCUT2D eigenvalue weighted by Crippen LogP contribution is 2.18. The van der Waals surface area contributed by atoms with Crippen molar-refractivity contribution in [2.45, 2.75) is 19.8 Å². The highest BCUT2D eigenvalue weighted by atomic mass is 16.4. The Morgan fingerprint density at radius 2 is 2.21 bits per heavy atom. The third kappa shape index (κ3) is 2.81. The van der Waals surface area contributed by atoms with E-state index in [9.17, 15) is 4.79 Å². The van der Waals surface area contributed by atoms with Crippen molar-refractivity contribution in [1.82, 2.24) is 9.97 Å². The van der Waals surface area contributed by atoms with E-state index in [4.69, 9.17) is 5.11 Å². The Hall–Kier alpha value is -2.17. The highest BCUT2D eigenvalue weighted by Gasteiger charge is 2.11. The molecule has 0 saturated heterocycles. The van der Waals surface area contributed by atoms with Crippen LogP contribution in [0.25, 0.3) is 10.9 Å². The zero-order chi connectivity index (χ0) is 13.8. The summed E-state index contributed by atoms with van der Waals surface area (Å²) in [5, 5.41) is 9.68. The van der Waals surface area contributed by atoms with E-state index in [1.807, 2.05) is 11.9 Å². The number of fused-ring (bicyclic) bond motifs is 1. The lowest BCUT2D eigenvalue weighted by atomic mass is 10.1. The van der Waals surface area contributed by atoms with Crippen LogP contribution in [0.4, 0.5) is 5.95 Å². The molecule has 0 aliphatic heterocycles. The molecule has 0 aliphatic carbocycles. The van der Waals surface area contributed by atoms with E-state index in [0.717, 1.165) is 19.4 Å². The summed E-state index contributed by atoms with van der Waals surface area (Å²) in [4.78, 5) is 21.8. The van der Waals surface area contributed by atoms with E-state index in [1.165, 1.54) is 0 Å². The number of rotatable bonds is 5. The Balaban J connectivity index is 2.39. The van der Waals surface area contributed by atoms with Crippen molar-refractivity contribution in [3.8, 4) is 0 Å². The van der Waals surface area contributed by atoms with Crippen LogP contribution in [0.15, 0.2) is 24.4 Å². The SMILES string of the molecule is CCCCN(C)c1ncc2c(C(=O)O)cccc2n1. The van der Waals surface area contributed by atoms with Gasteiger partial charge in [0.15, 0.2) is 0 Å². The number of carboxylic acid groups (broad SMARTS) is 1. The molecule has 2 aromatic rings. The maximum absolute atomic E-state index is 11.1. The number of anilines is 1. The van der Waals surface area contributed by atoms with E-state index >= 15 is 0 Å². The Morgan fingerprint density at radius 3 is 2.89 bits per heavy atom. The summed E-state index contributed by atoms with van der Waals surface area (Å²) >= 11 is 0. The van der Waals surface area contributed by atoms with Gasteiger partial charge in [-0.1, -0.05) is 19.4 Å². The van der Waals surface area contributed by atoms with Crippen molar-refractivity contribution in [3.63, 3.8) is 0 Å². The molecule has 1 aromatic carbocycles. The van der Waals surface area contributed by atoms with Crippen LogP contribution < -0.4 is 4.90 Å². The maximum Gasteiger partial charge on any atom is 0.336 e. The minimum atomic E-state index is -0.957. The lowest BCUT2D eigenvalue weighted by Gasteiger charge is -2.16. The minimum absolute atomic E-state index is 0.236. The summed E-state index contributed by atoms with van der Waals surface area (Å²) in [6, 6.07) is 5.07. The Kier molecular flexibility index (Phi) is 3.94. The third-order valence-corrected chi connectivity index (χ3v) is 3.03. The molecule has 0 fully saturated rings. The quantitative estimate of drug-likeness (QED) is 0.893. The van der Waals surface area contributed by atoms with Crippen molar-refractivity contribution in [3.05, 3.63) is 30.0 Å². The van der Waals surface area contributed by atoms with Gasteiger partial charge in [-0.3, -0.25) is 0 Å². The first kappa shape index (κ1) is 13.3. The van der Waals surface area contributed by atoms with Gasteiger partial charge >= 0.3 is 5.97 Å². The molecular weight excluding hydrogens is 242 g/mol. The van der Waals surface area contributed by atoms with Gasteiger partial charge in [-0.25, -0.2) is 14.8 Å².